The third-order valence-electron chi connectivity index (χ3n) is 5.15. The van der Waals surface area contributed by atoms with Gasteiger partial charge in [-0.15, -0.1) is 0 Å². The maximum absolute atomic E-state index is 12.4. The fourth-order valence-electron chi connectivity index (χ4n) is 3.75. The van der Waals surface area contributed by atoms with Gasteiger partial charge in [-0.05, 0) is 37.3 Å². The quantitative estimate of drug-likeness (QED) is 0.917. The second-order valence-corrected chi connectivity index (χ2v) is 6.98. The summed E-state index contributed by atoms with van der Waals surface area (Å²) < 4.78 is 0. The van der Waals surface area contributed by atoms with Crippen molar-refractivity contribution in [1.29, 1.82) is 0 Å². The van der Waals surface area contributed by atoms with E-state index in [-0.39, 0.29) is 12.0 Å². The van der Waals surface area contributed by atoms with E-state index < -0.39 is 0 Å². The monoisotopic (exact) mass is 336 g/mol. The molecule has 1 aromatic rings. The van der Waals surface area contributed by atoms with E-state index in [1.54, 1.807) is 0 Å². The highest BCUT2D eigenvalue weighted by molar-refractivity contribution is 6.31. The Hall–Kier alpha value is -1.10. The van der Waals surface area contributed by atoms with Crippen LogP contribution in [0.25, 0.3) is 0 Å². The number of aliphatic hydroxyl groups excluding tert-OH is 1. The first-order valence-corrected chi connectivity index (χ1v) is 8.96. The summed E-state index contributed by atoms with van der Waals surface area (Å²) in [6, 6.07) is 8.01. The first-order chi connectivity index (χ1) is 11.1. The van der Waals surface area contributed by atoms with Crippen molar-refractivity contribution in [2.75, 3.05) is 26.2 Å². The van der Waals surface area contributed by atoms with E-state index in [2.05, 4.69) is 4.90 Å². The smallest absolute Gasteiger partial charge is 0.222 e. The zero-order valence-electron chi connectivity index (χ0n) is 13.5. The summed E-state index contributed by atoms with van der Waals surface area (Å²) in [5.74, 6) is 0.205. The van der Waals surface area contributed by atoms with Gasteiger partial charge in [0, 0.05) is 43.7 Å². The van der Waals surface area contributed by atoms with Gasteiger partial charge in [0.2, 0.25) is 5.91 Å². The van der Waals surface area contributed by atoms with Crippen molar-refractivity contribution in [3.05, 3.63) is 34.9 Å². The number of benzene rings is 1. The van der Waals surface area contributed by atoms with Gasteiger partial charge in [0.05, 0.1) is 6.10 Å². The Morgan fingerprint density at radius 2 is 1.91 bits per heavy atom. The number of hydrogen-bond donors (Lipinski definition) is 1. The van der Waals surface area contributed by atoms with E-state index in [1.165, 1.54) is 0 Å². The average Bonchev–Trinajstić information content (AvgIpc) is 3.00. The van der Waals surface area contributed by atoms with Gasteiger partial charge in [0.15, 0.2) is 0 Å². The molecule has 3 rings (SSSR count). The van der Waals surface area contributed by atoms with Crippen LogP contribution in [0.5, 0.6) is 0 Å². The van der Waals surface area contributed by atoms with Gasteiger partial charge in [-0.2, -0.15) is 0 Å². The molecule has 0 aromatic heterocycles. The molecule has 0 unspecified atom stereocenters. The Balaban J connectivity index is 1.46. The minimum Gasteiger partial charge on any atom is -0.391 e. The van der Waals surface area contributed by atoms with E-state index in [4.69, 9.17) is 11.6 Å². The normalized spacial score (nSPS) is 25.7. The van der Waals surface area contributed by atoms with E-state index >= 15 is 0 Å². The molecule has 0 bridgehead atoms. The number of aliphatic hydroxyl groups is 1. The predicted molar refractivity (Wildman–Crippen MR) is 91.6 cm³/mol. The predicted octanol–water partition coefficient (Wildman–Crippen LogP) is 2.33. The third-order valence-corrected chi connectivity index (χ3v) is 5.51. The Bertz CT molecular complexity index is 544. The van der Waals surface area contributed by atoms with Gasteiger partial charge in [0.25, 0.3) is 0 Å². The third kappa shape index (κ3) is 4.06. The molecule has 1 N–H and O–H groups in total. The molecular weight excluding hydrogens is 312 g/mol. The summed E-state index contributed by atoms with van der Waals surface area (Å²) in [7, 11) is 0. The molecule has 0 spiro atoms. The highest BCUT2D eigenvalue weighted by Gasteiger charge is 2.33. The van der Waals surface area contributed by atoms with Gasteiger partial charge in [-0.3, -0.25) is 9.69 Å². The summed E-state index contributed by atoms with van der Waals surface area (Å²) in [5.41, 5.74) is 1.04. The van der Waals surface area contributed by atoms with Crippen molar-refractivity contribution in [2.45, 2.75) is 44.2 Å². The molecule has 1 aliphatic heterocycles. The lowest BCUT2D eigenvalue weighted by Gasteiger charge is -2.39. The van der Waals surface area contributed by atoms with Crippen molar-refractivity contribution in [1.82, 2.24) is 9.80 Å². The van der Waals surface area contributed by atoms with E-state index in [0.29, 0.717) is 18.9 Å². The Kier molecular flexibility index (Phi) is 5.57. The fourth-order valence-corrected chi connectivity index (χ4v) is 3.98. The molecule has 0 radical (unpaired) electrons. The van der Waals surface area contributed by atoms with Crippen molar-refractivity contribution in [2.24, 2.45) is 0 Å². The molecule has 1 heterocycles. The maximum atomic E-state index is 12.4. The summed E-state index contributed by atoms with van der Waals surface area (Å²) in [6.07, 6.45) is 4.14. The minimum absolute atomic E-state index is 0.183. The number of hydrogen-bond acceptors (Lipinski definition) is 3. The van der Waals surface area contributed by atoms with Crippen LogP contribution in [-0.4, -0.2) is 59.1 Å². The Labute approximate surface area is 143 Å². The lowest BCUT2D eigenvalue weighted by molar-refractivity contribution is -0.133. The molecule has 1 saturated heterocycles. The van der Waals surface area contributed by atoms with E-state index in [0.717, 1.165) is 56.0 Å². The minimum atomic E-state index is -0.183. The number of carbonyl (C=O) groups excluding carboxylic acids is 1. The lowest BCUT2D eigenvalue weighted by Crippen LogP contribution is -2.53. The fraction of sp³-hybridized carbons (Fsp3) is 0.611. The summed E-state index contributed by atoms with van der Waals surface area (Å²) >= 11 is 6.14. The van der Waals surface area contributed by atoms with Crippen LogP contribution in [0.4, 0.5) is 0 Å². The molecule has 126 valence electrons. The first kappa shape index (κ1) is 16.7. The first-order valence-electron chi connectivity index (χ1n) is 8.58. The molecule has 2 aliphatic rings. The van der Waals surface area contributed by atoms with Gasteiger partial charge >= 0.3 is 0 Å². The van der Waals surface area contributed by atoms with Crippen LogP contribution in [0.15, 0.2) is 24.3 Å². The molecule has 1 amide bonds. The summed E-state index contributed by atoms with van der Waals surface area (Å²) in [4.78, 5) is 16.7. The molecule has 5 heteroatoms. The van der Waals surface area contributed by atoms with Gasteiger partial charge in [-0.1, -0.05) is 29.8 Å². The molecule has 2 atom stereocenters. The Morgan fingerprint density at radius 3 is 2.57 bits per heavy atom. The highest BCUT2D eigenvalue weighted by Crippen LogP contribution is 2.25. The number of carbonyl (C=O) groups is 1. The van der Waals surface area contributed by atoms with Crippen LogP contribution in [0.2, 0.25) is 5.02 Å². The summed E-state index contributed by atoms with van der Waals surface area (Å²) in [6.45, 7) is 3.29. The van der Waals surface area contributed by atoms with Crippen molar-refractivity contribution in [3.63, 3.8) is 0 Å². The molecule has 1 aromatic carbocycles. The van der Waals surface area contributed by atoms with E-state index in [1.807, 2.05) is 29.2 Å². The van der Waals surface area contributed by atoms with Gasteiger partial charge < -0.3 is 10.0 Å². The van der Waals surface area contributed by atoms with Crippen LogP contribution in [0.3, 0.4) is 0 Å². The highest BCUT2D eigenvalue weighted by atomic mass is 35.5. The molecular formula is C18H25ClN2O2. The second-order valence-electron chi connectivity index (χ2n) is 6.57. The molecule has 1 saturated carbocycles. The number of piperazine rings is 1. The van der Waals surface area contributed by atoms with Crippen LogP contribution in [-0.2, 0) is 11.2 Å². The van der Waals surface area contributed by atoms with Crippen molar-refractivity contribution in [3.8, 4) is 0 Å². The van der Waals surface area contributed by atoms with Crippen LogP contribution >= 0.6 is 11.6 Å². The average molecular weight is 337 g/mol. The molecule has 4 nitrogen and oxygen atoms in total. The number of amides is 1. The van der Waals surface area contributed by atoms with Crippen molar-refractivity contribution < 1.29 is 9.90 Å². The topological polar surface area (TPSA) is 43.8 Å². The van der Waals surface area contributed by atoms with Crippen LogP contribution < -0.4 is 0 Å². The molecule has 23 heavy (non-hydrogen) atoms. The SMILES string of the molecule is O=C(CCc1ccccc1Cl)N1CCN([C@H]2CCC[C@H]2O)CC1. The number of aryl methyl sites for hydroxylation is 1. The van der Waals surface area contributed by atoms with Gasteiger partial charge in [-0.25, -0.2) is 0 Å². The zero-order valence-corrected chi connectivity index (χ0v) is 14.2. The molecule has 1 aliphatic carbocycles. The number of rotatable bonds is 4. The standard InChI is InChI=1S/C18H25ClN2O2/c19-15-5-2-1-4-14(15)8-9-18(23)21-12-10-20(11-13-21)16-6-3-7-17(16)22/h1-2,4-5,16-17,22H,3,6-13H2/t16-,17+/m0/s1. The Morgan fingerprint density at radius 1 is 1.17 bits per heavy atom. The summed E-state index contributed by atoms with van der Waals surface area (Å²) in [5, 5.41) is 10.8. The molecule has 2 fully saturated rings. The van der Waals surface area contributed by atoms with Crippen LogP contribution in [0, 0.1) is 0 Å². The van der Waals surface area contributed by atoms with Gasteiger partial charge in [0.1, 0.15) is 0 Å². The second kappa shape index (κ2) is 7.65. The largest absolute Gasteiger partial charge is 0.391 e. The lowest BCUT2D eigenvalue weighted by atomic mass is 10.1. The van der Waals surface area contributed by atoms with E-state index in [9.17, 15) is 9.90 Å². The van der Waals surface area contributed by atoms with Crippen LogP contribution in [0.1, 0.15) is 31.2 Å². The number of halogens is 1. The maximum Gasteiger partial charge on any atom is 0.222 e. The number of nitrogens with zero attached hydrogens (tertiary/aromatic N) is 2. The van der Waals surface area contributed by atoms with Crippen molar-refractivity contribution >= 4 is 17.5 Å². The zero-order chi connectivity index (χ0) is 16.2.